The normalized spacial score (nSPS) is 12.1. The number of carbonyl (C=O) groups is 3. The third-order valence-corrected chi connectivity index (χ3v) is 5.94. The summed E-state index contributed by atoms with van der Waals surface area (Å²) in [5.41, 5.74) is 4.79. The first kappa shape index (κ1) is 29.0. The quantitative estimate of drug-likeness (QED) is 0.249. The molecule has 0 fully saturated rings. The molecular weight excluding hydrogens is 504 g/mol. The predicted molar refractivity (Wildman–Crippen MR) is 142 cm³/mol. The Morgan fingerprint density at radius 3 is 1.97 bits per heavy atom. The van der Waals surface area contributed by atoms with Crippen LogP contribution >= 0.6 is 0 Å². The number of carbonyl (C=O) groups excluding carboxylic acids is 2. The number of benzene rings is 3. The van der Waals surface area contributed by atoms with Crippen molar-refractivity contribution in [2.24, 2.45) is 0 Å². The first-order chi connectivity index (χ1) is 18.9. The fourth-order valence-electron chi connectivity index (χ4n) is 3.91. The zero-order valence-electron chi connectivity index (χ0n) is 22.0. The molecule has 0 radical (unpaired) electrons. The maximum Gasteiger partial charge on any atom is 0.425 e. The van der Waals surface area contributed by atoms with Crippen molar-refractivity contribution in [2.45, 2.75) is 31.5 Å². The van der Waals surface area contributed by atoms with E-state index in [0.29, 0.717) is 17.1 Å². The molecule has 0 bridgehead atoms. The summed E-state index contributed by atoms with van der Waals surface area (Å²) in [5, 5.41) is 11.0. The molecule has 0 saturated heterocycles. The molecule has 2 atom stereocenters. The van der Waals surface area contributed by atoms with E-state index in [-0.39, 0.29) is 19.4 Å². The van der Waals surface area contributed by atoms with Crippen LogP contribution in [-0.4, -0.2) is 61.6 Å². The second kappa shape index (κ2) is 14.4. The van der Waals surface area contributed by atoms with Gasteiger partial charge in [0.25, 0.3) is 0 Å². The molecule has 3 aromatic carbocycles. The summed E-state index contributed by atoms with van der Waals surface area (Å²) in [6, 6.07) is 20.5. The van der Waals surface area contributed by atoms with Crippen molar-refractivity contribution in [3.8, 4) is 11.5 Å². The van der Waals surface area contributed by atoms with Crippen molar-refractivity contribution in [2.75, 3.05) is 21.3 Å². The fourth-order valence-corrected chi connectivity index (χ4v) is 3.91. The molecule has 10 heteroatoms. The molecule has 1 amide bonds. The number of rotatable bonds is 13. The highest BCUT2D eigenvalue weighted by Gasteiger charge is 2.36. The topological polar surface area (TPSA) is 124 Å². The molecule has 3 aromatic rings. The number of carboxylic acid groups (broad SMARTS) is 1. The standard InChI is InChI=1S/C29H32N2O8/c1-36-25-15-14-22(18-26(25)37-2)16-23(27(32)33)30-31(29(35)39-19-21-12-8-5-9-13-21)24(28(34)38-3)17-20-10-6-4-7-11-20/h4-15,18,23-24,30H,16-17,19H2,1-3H3,(H,32,33)/t23-,24-/m0/s1. The van der Waals surface area contributed by atoms with Gasteiger partial charge in [0.15, 0.2) is 17.5 Å². The van der Waals surface area contributed by atoms with E-state index in [9.17, 15) is 19.5 Å². The summed E-state index contributed by atoms with van der Waals surface area (Å²) in [6.45, 7) is -0.0789. The van der Waals surface area contributed by atoms with Crippen LogP contribution in [-0.2, 0) is 38.5 Å². The predicted octanol–water partition coefficient (Wildman–Crippen LogP) is 3.63. The molecular formula is C29H32N2O8. The number of aliphatic carboxylic acids is 1. The lowest BCUT2D eigenvalue weighted by Gasteiger charge is -2.32. The van der Waals surface area contributed by atoms with Gasteiger partial charge in [0.05, 0.1) is 21.3 Å². The Hall–Kier alpha value is -4.57. The number of hydrazine groups is 1. The molecule has 0 aliphatic rings. The van der Waals surface area contributed by atoms with Gasteiger partial charge in [-0.3, -0.25) is 4.79 Å². The number of hydrogen-bond donors (Lipinski definition) is 2. The Balaban J connectivity index is 1.92. The third kappa shape index (κ3) is 8.21. The molecule has 10 nitrogen and oxygen atoms in total. The molecule has 206 valence electrons. The van der Waals surface area contributed by atoms with E-state index in [2.05, 4.69) is 5.43 Å². The number of methoxy groups -OCH3 is 3. The first-order valence-corrected chi connectivity index (χ1v) is 12.2. The van der Waals surface area contributed by atoms with Crippen LogP contribution in [0.25, 0.3) is 0 Å². The van der Waals surface area contributed by atoms with Crippen molar-refractivity contribution in [1.82, 2.24) is 10.4 Å². The van der Waals surface area contributed by atoms with Gasteiger partial charge in [-0.1, -0.05) is 66.7 Å². The van der Waals surface area contributed by atoms with Gasteiger partial charge in [-0.15, -0.1) is 0 Å². The number of esters is 1. The SMILES string of the molecule is COC(=O)[C@H](Cc1ccccc1)N(N[C@@H](Cc1ccc(OC)c(OC)c1)C(=O)O)C(=O)OCc1ccccc1. The van der Waals surface area contributed by atoms with E-state index in [1.165, 1.54) is 21.3 Å². The van der Waals surface area contributed by atoms with Crippen LogP contribution in [0.3, 0.4) is 0 Å². The van der Waals surface area contributed by atoms with Gasteiger partial charge in [0.2, 0.25) is 0 Å². The minimum absolute atomic E-state index is 0.0443. The zero-order valence-corrected chi connectivity index (χ0v) is 22.0. The Bertz CT molecular complexity index is 1240. The Morgan fingerprint density at radius 1 is 0.795 bits per heavy atom. The molecule has 0 unspecified atom stereocenters. The van der Waals surface area contributed by atoms with Gasteiger partial charge in [-0.25, -0.2) is 20.0 Å². The number of hydrogen-bond acceptors (Lipinski definition) is 8. The van der Waals surface area contributed by atoms with Crippen LogP contribution < -0.4 is 14.9 Å². The average molecular weight is 537 g/mol. The molecule has 0 spiro atoms. The summed E-state index contributed by atoms with van der Waals surface area (Å²) in [6.07, 6.45) is -0.912. The monoisotopic (exact) mass is 536 g/mol. The third-order valence-electron chi connectivity index (χ3n) is 5.94. The molecule has 0 heterocycles. The van der Waals surface area contributed by atoms with Crippen LogP contribution in [0.2, 0.25) is 0 Å². The first-order valence-electron chi connectivity index (χ1n) is 12.2. The maximum absolute atomic E-state index is 13.4. The minimum Gasteiger partial charge on any atom is -0.493 e. The van der Waals surface area contributed by atoms with Gasteiger partial charge in [0.1, 0.15) is 12.6 Å². The number of nitrogens with zero attached hydrogens (tertiary/aromatic N) is 1. The molecule has 3 rings (SSSR count). The summed E-state index contributed by atoms with van der Waals surface area (Å²) in [5.74, 6) is -1.07. The van der Waals surface area contributed by atoms with E-state index >= 15 is 0 Å². The van der Waals surface area contributed by atoms with Crippen molar-refractivity contribution in [3.05, 3.63) is 95.6 Å². The molecule has 39 heavy (non-hydrogen) atoms. The summed E-state index contributed by atoms with van der Waals surface area (Å²) in [7, 11) is 4.17. The van der Waals surface area contributed by atoms with Crippen LogP contribution in [0.1, 0.15) is 16.7 Å². The second-order valence-electron chi connectivity index (χ2n) is 8.55. The molecule has 0 saturated carbocycles. The lowest BCUT2D eigenvalue weighted by molar-refractivity contribution is -0.150. The van der Waals surface area contributed by atoms with Crippen LogP contribution in [0.5, 0.6) is 11.5 Å². The van der Waals surface area contributed by atoms with Crippen LogP contribution in [0.4, 0.5) is 4.79 Å². The number of nitrogens with one attached hydrogen (secondary N) is 1. The smallest absolute Gasteiger partial charge is 0.425 e. The van der Waals surface area contributed by atoms with Gasteiger partial charge in [0, 0.05) is 12.8 Å². The molecule has 0 aliphatic carbocycles. The summed E-state index contributed by atoms with van der Waals surface area (Å²) < 4.78 is 21.1. The van der Waals surface area contributed by atoms with Crippen molar-refractivity contribution in [1.29, 1.82) is 0 Å². The van der Waals surface area contributed by atoms with E-state index < -0.39 is 30.1 Å². The van der Waals surface area contributed by atoms with Crippen molar-refractivity contribution < 1.29 is 38.4 Å². The van der Waals surface area contributed by atoms with E-state index in [1.54, 1.807) is 66.7 Å². The largest absolute Gasteiger partial charge is 0.493 e. The molecule has 0 aliphatic heterocycles. The Kier molecular flexibility index (Phi) is 10.7. The fraction of sp³-hybridized carbons (Fsp3) is 0.276. The lowest BCUT2D eigenvalue weighted by Crippen LogP contribution is -2.59. The number of amides is 1. The van der Waals surface area contributed by atoms with Gasteiger partial charge in [-0.05, 0) is 28.8 Å². The van der Waals surface area contributed by atoms with Gasteiger partial charge in [-0.2, -0.15) is 0 Å². The Morgan fingerprint density at radius 2 is 1.41 bits per heavy atom. The summed E-state index contributed by atoms with van der Waals surface area (Å²) >= 11 is 0. The van der Waals surface area contributed by atoms with Crippen LogP contribution in [0, 0.1) is 0 Å². The van der Waals surface area contributed by atoms with Crippen molar-refractivity contribution >= 4 is 18.0 Å². The molecule has 0 aromatic heterocycles. The highest BCUT2D eigenvalue weighted by Crippen LogP contribution is 2.28. The number of carboxylic acids is 1. The lowest BCUT2D eigenvalue weighted by atomic mass is 10.0. The summed E-state index contributed by atoms with van der Waals surface area (Å²) in [4.78, 5) is 38.6. The number of ether oxygens (including phenoxy) is 4. The zero-order chi connectivity index (χ0) is 28.2. The molecule has 2 N–H and O–H groups in total. The van der Waals surface area contributed by atoms with E-state index in [1.807, 2.05) is 12.1 Å². The highest BCUT2D eigenvalue weighted by atomic mass is 16.6. The average Bonchev–Trinajstić information content (AvgIpc) is 2.97. The Labute approximate surface area is 227 Å². The highest BCUT2D eigenvalue weighted by molar-refractivity contribution is 5.82. The van der Waals surface area contributed by atoms with Crippen molar-refractivity contribution in [3.63, 3.8) is 0 Å². The maximum atomic E-state index is 13.4. The van der Waals surface area contributed by atoms with Gasteiger partial charge >= 0.3 is 18.0 Å². The minimum atomic E-state index is -1.31. The van der Waals surface area contributed by atoms with E-state index in [0.717, 1.165) is 16.1 Å². The second-order valence-corrected chi connectivity index (χ2v) is 8.55. The van der Waals surface area contributed by atoms with Crippen LogP contribution in [0.15, 0.2) is 78.9 Å². The van der Waals surface area contributed by atoms with E-state index in [4.69, 9.17) is 18.9 Å². The van der Waals surface area contributed by atoms with Gasteiger partial charge < -0.3 is 24.1 Å².